The number of carbonyl (C=O) groups is 2. The summed E-state index contributed by atoms with van der Waals surface area (Å²) in [6.07, 6.45) is 3.10. The van der Waals surface area contributed by atoms with E-state index in [1.54, 1.807) is 26.2 Å². The van der Waals surface area contributed by atoms with Crippen molar-refractivity contribution in [3.05, 3.63) is 58.1 Å². The molecule has 0 unspecified atom stereocenters. The zero-order valence-electron chi connectivity index (χ0n) is 21.7. The molecule has 11 heteroatoms. The van der Waals surface area contributed by atoms with Crippen LogP contribution < -0.4 is 14.4 Å². The van der Waals surface area contributed by atoms with Crippen molar-refractivity contribution in [1.29, 1.82) is 0 Å². The van der Waals surface area contributed by atoms with Gasteiger partial charge in [-0.15, -0.1) is 0 Å². The number of hydrogen-bond donors (Lipinski definition) is 1. The smallest absolute Gasteiger partial charge is 0.242 e. The first kappa shape index (κ1) is 30.7. The SMILES string of the molecule is CCCCNC(=O)[C@@H](C)N(Cc1cccc(OC)c1)C(=O)CCCN(c1cc(Cl)ccc1Cl)S(C)(=O)=O. The van der Waals surface area contributed by atoms with Gasteiger partial charge in [0.05, 0.1) is 24.1 Å². The van der Waals surface area contributed by atoms with Gasteiger partial charge >= 0.3 is 0 Å². The summed E-state index contributed by atoms with van der Waals surface area (Å²) in [4.78, 5) is 27.7. The standard InChI is InChI=1S/C26H35Cl2N3O5S/c1-5-6-14-29-26(33)19(2)30(18-20-9-7-10-22(16-20)36-3)25(32)11-8-15-31(37(4,34)35)24-17-21(27)12-13-23(24)28/h7,9-10,12-13,16-17,19H,5-6,8,11,14-15,18H2,1-4H3,(H,29,33)/t19-/m1/s1. The van der Waals surface area contributed by atoms with Crippen LogP contribution in [-0.2, 0) is 26.2 Å². The Bertz CT molecular complexity index is 1180. The van der Waals surface area contributed by atoms with Gasteiger partial charge in [0.1, 0.15) is 11.8 Å². The summed E-state index contributed by atoms with van der Waals surface area (Å²) in [5.74, 6) is 0.131. The highest BCUT2D eigenvalue weighted by Crippen LogP contribution is 2.31. The summed E-state index contributed by atoms with van der Waals surface area (Å²) < 4.78 is 31.4. The van der Waals surface area contributed by atoms with E-state index in [2.05, 4.69) is 5.32 Å². The molecule has 0 bridgehead atoms. The second-order valence-corrected chi connectivity index (χ2v) is 11.5. The van der Waals surface area contributed by atoms with Gasteiger partial charge in [-0.3, -0.25) is 13.9 Å². The third-order valence-corrected chi connectivity index (χ3v) is 7.55. The molecule has 0 radical (unpaired) electrons. The molecule has 2 aromatic carbocycles. The van der Waals surface area contributed by atoms with E-state index in [4.69, 9.17) is 27.9 Å². The van der Waals surface area contributed by atoms with Crippen molar-refractivity contribution in [3.63, 3.8) is 0 Å². The average Bonchev–Trinajstić information content (AvgIpc) is 2.85. The molecule has 0 aliphatic rings. The van der Waals surface area contributed by atoms with Crippen LogP contribution in [0.1, 0.15) is 45.1 Å². The van der Waals surface area contributed by atoms with Gasteiger partial charge in [-0.1, -0.05) is 48.7 Å². The first-order valence-corrected chi connectivity index (χ1v) is 14.7. The second-order valence-electron chi connectivity index (χ2n) is 8.73. The molecule has 0 aliphatic carbocycles. The summed E-state index contributed by atoms with van der Waals surface area (Å²) in [6.45, 7) is 4.48. The zero-order chi connectivity index (χ0) is 27.6. The van der Waals surface area contributed by atoms with Gasteiger partial charge in [-0.25, -0.2) is 8.42 Å². The van der Waals surface area contributed by atoms with Crippen molar-refractivity contribution in [2.45, 2.75) is 52.1 Å². The lowest BCUT2D eigenvalue weighted by Gasteiger charge is -2.29. The molecule has 8 nitrogen and oxygen atoms in total. The number of ether oxygens (including phenoxy) is 1. The largest absolute Gasteiger partial charge is 0.497 e. The number of amides is 2. The quantitative estimate of drug-likeness (QED) is 0.326. The molecule has 2 amide bonds. The fraction of sp³-hybridized carbons (Fsp3) is 0.462. The Hall–Kier alpha value is -2.49. The van der Waals surface area contributed by atoms with Crippen LogP contribution in [0.5, 0.6) is 5.75 Å². The van der Waals surface area contributed by atoms with E-state index >= 15 is 0 Å². The third-order valence-electron chi connectivity index (χ3n) is 5.81. The van der Waals surface area contributed by atoms with Gasteiger partial charge < -0.3 is 15.0 Å². The van der Waals surface area contributed by atoms with E-state index in [1.807, 2.05) is 25.1 Å². The highest BCUT2D eigenvalue weighted by molar-refractivity contribution is 7.92. The monoisotopic (exact) mass is 571 g/mol. The maximum atomic E-state index is 13.4. The van der Waals surface area contributed by atoms with Crippen molar-refractivity contribution in [3.8, 4) is 5.75 Å². The summed E-state index contributed by atoms with van der Waals surface area (Å²) in [7, 11) is -2.13. The lowest BCUT2D eigenvalue weighted by molar-refractivity contribution is -0.140. The molecule has 2 aromatic rings. The molecule has 1 atom stereocenters. The van der Waals surface area contributed by atoms with Gasteiger partial charge in [-0.2, -0.15) is 0 Å². The fourth-order valence-electron chi connectivity index (χ4n) is 3.75. The maximum absolute atomic E-state index is 13.4. The number of sulfonamides is 1. The molecular formula is C26H35Cl2N3O5S. The van der Waals surface area contributed by atoms with Gasteiger partial charge in [0, 0.05) is 31.1 Å². The molecule has 0 aliphatic heterocycles. The number of rotatable bonds is 14. The molecule has 1 N–H and O–H groups in total. The van der Waals surface area contributed by atoms with E-state index < -0.39 is 16.1 Å². The summed E-state index contributed by atoms with van der Waals surface area (Å²) >= 11 is 12.3. The fourth-order valence-corrected chi connectivity index (χ4v) is 5.15. The van der Waals surface area contributed by atoms with E-state index in [9.17, 15) is 18.0 Å². The predicted octanol–water partition coefficient (Wildman–Crippen LogP) is 4.88. The first-order valence-electron chi connectivity index (χ1n) is 12.1. The van der Waals surface area contributed by atoms with Crippen LogP contribution in [0.25, 0.3) is 0 Å². The minimum Gasteiger partial charge on any atom is -0.497 e. The highest BCUT2D eigenvalue weighted by atomic mass is 35.5. The Morgan fingerprint density at radius 2 is 1.84 bits per heavy atom. The predicted molar refractivity (Wildman–Crippen MR) is 149 cm³/mol. The van der Waals surface area contributed by atoms with E-state index in [1.165, 1.54) is 17.0 Å². The number of nitrogens with zero attached hydrogens (tertiary/aromatic N) is 2. The Morgan fingerprint density at radius 1 is 1.11 bits per heavy atom. The molecule has 0 spiro atoms. The van der Waals surface area contributed by atoms with Crippen LogP contribution in [0.4, 0.5) is 5.69 Å². The van der Waals surface area contributed by atoms with Crippen molar-refractivity contribution >= 4 is 50.7 Å². The van der Waals surface area contributed by atoms with Crippen LogP contribution in [-0.4, -0.2) is 57.6 Å². The molecular weight excluding hydrogens is 537 g/mol. The minimum absolute atomic E-state index is 0.0225. The Balaban J connectivity index is 2.20. The van der Waals surface area contributed by atoms with Gasteiger partial charge in [0.25, 0.3) is 0 Å². The van der Waals surface area contributed by atoms with Crippen LogP contribution >= 0.6 is 23.2 Å². The normalized spacial score (nSPS) is 12.1. The summed E-state index contributed by atoms with van der Waals surface area (Å²) in [6, 6.07) is 11.1. The third kappa shape index (κ3) is 9.39. The number of benzene rings is 2. The lowest BCUT2D eigenvalue weighted by atomic mass is 10.1. The number of hydrogen-bond acceptors (Lipinski definition) is 5. The van der Waals surface area contributed by atoms with Gasteiger partial charge in [0.2, 0.25) is 21.8 Å². The molecule has 37 heavy (non-hydrogen) atoms. The van der Waals surface area contributed by atoms with E-state index in [0.29, 0.717) is 17.3 Å². The van der Waals surface area contributed by atoms with E-state index in [0.717, 1.165) is 29.0 Å². The molecule has 0 aromatic heterocycles. The van der Waals surface area contributed by atoms with Crippen molar-refractivity contribution in [1.82, 2.24) is 10.2 Å². The minimum atomic E-state index is -3.69. The van der Waals surface area contributed by atoms with Crippen molar-refractivity contribution in [2.24, 2.45) is 0 Å². The number of methoxy groups -OCH3 is 1. The summed E-state index contributed by atoms with van der Waals surface area (Å²) in [5.41, 5.74) is 1.06. The van der Waals surface area contributed by atoms with Gasteiger partial charge in [0.15, 0.2) is 0 Å². The van der Waals surface area contributed by atoms with Crippen LogP contribution in [0, 0.1) is 0 Å². The number of carbonyl (C=O) groups excluding carboxylic acids is 2. The highest BCUT2D eigenvalue weighted by Gasteiger charge is 2.27. The molecule has 0 saturated heterocycles. The van der Waals surface area contributed by atoms with Crippen molar-refractivity contribution < 1.29 is 22.7 Å². The first-order chi connectivity index (χ1) is 17.5. The Labute approximate surface area is 229 Å². The summed E-state index contributed by atoms with van der Waals surface area (Å²) in [5, 5.41) is 3.46. The zero-order valence-corrected chi connectivity index (χ0v) is 24.0. The van der Waals surface area contributed by atoms with E-state index in [-0.39, 0.29) is 48.5 Å². The molecule has 0 heterocycles. The Morgan fingerprint density at radius 3 is 2.49 bits per heavy atom. The Kier molecular flexibility index (Phi) is 12.0. The van der Waals surface area contributed by atoms with Crippen molar-refractivity contribution in [2.75, 3.05) is 30.8 Å². The molecule has 0 saturated carbocycles. The molecule has 0 fully saturated rings. The number of halogens is 2. The maximum Gasteiger partial charge on any atom is 0.242 e. The average molecular weight is 573 g/mol. The lowest BCUT2D eigenvalue weighted by Crippen LogP contribution is -2.48. The van der Waals surface area contributed by atoms with Gasteiger partial charge in [-0.05, 0) is 55.7 Å². The second kappa shape index (κ2) is 14.4. The number of anilines is 1. The van der Waals surface area contributed by atoms with Crippen LogP contribution in [0.2, 0.25) is 10.0 Å². The number of nitrogens with one attached hydrogen (secondary N) is 1. The van der Waals surface area contributed by atoms with Crippen LogP contribution in [0.15, 0.2) is 42.5 Å². The molecule has 2 rings (SSSR count). The molecule has 204 valence electrons. The number of unbranched alkanes of at least 4 members (excludes halogenated alkanes) is 1. The van der Waals surface area contributed by atoms with Crippen LogP contribution in [0.3, 0.4) is 0 Å². The topological polar surface area (TPSA) is 96.0 Å².